The fourth-order valence-electron chi connectivity index (χ4n) is 3.40. The third-order valence-electron chi connectivity index (χ3n) is 5.05. The van der Waals surface area contributed by atoms with Crippen LogP contribution in [0.3, 0.4) is 0 Å². The average molecular weight is 383 g/mol. The molecule has 0 saturated carbocycles. The number of aromatic nitrogens is 2. The van der Waals surface area contributed by atoms with E-state index in [0.29, 0.717) is 18.2 Å². The lowest BCUT2D eigenvalue weighted by molar-refractivity contribution is 0.0637. The Bertz CT molecular complexity index is 803. The lowest BCUT2D eigenvalue weighted by Gasteiger charge is -2.33. The maximum Gasteiger partial charge on any atom is 0.272 e. The maximum atomic E-state index is 12.9. The molecule has 7 nitrogen and oxygen atoms in total. The van der Waals surface area contributed by atoms with Crippen molar-refractivity contribution in [1.29, 1.82) is 0 Å². The standard InChI is InChI=1S/C21H29N5O2/c1-4-25-11-13-26(14-12-25)20(27)18-15-16(2)23-21(24-18)22-10-9-17-7-5-6-8-19(17)28-3/h5-8,15H,4,9-14H2,1-3H3,(H,22,23,24). The van der Waals surface area contributed by atoms with E-state index in [1.54, 1.807) is 13.2 Å². The van der Waals surface area contributed by atoms with Crippen molar-refractivity contribution in [2.24, 2.45) is 0 Å². The van der Waals surface area contributed by atoms with Gasteiger partial charge < -0.3 is 19.9 Å². The van der Waals surface area contributed by atoms with Crippen LogP contribution in [0.2, 0.25) is 0 Å². The van der Waals surface area contributed by atoms with Crippen molar-refractivity contribution in [2.75, 3.05) is 51.7 Å². The number of hydrogen-bond acceptors (Lipinski definition) is 6. The Hall–Kier alpha value is -2.67. The van der Waals surface area contributed by atoms with E-state index in [9.17, 15) is 4.79 Å². The zero-order valence-corrected chi connectivity index (χ0v) is 16.9. The van der Waals surface area contributed by atoms with E-state index in [0.717, 1.165) is 56.2 Å². The Morgan fingerprint density at radius 3 is 2.64 bits per heavy atom. The molecule has 7 heteroatoms. The Kier molecular flexibility index (Phi) is 6.81. The van der Waals surface area contributed by atoms with Crippen molar-refractivity contribution >= 4 is 11.9 Å². The van der Waals surface area contributed by atoms with Gasteiger partial charge in [-0.05, 0) is 37.6 Å². The number of nitrogens with zero attached hydrogens (tertiary/aromatic N) is 4. The van der Waals surface area contributed by atoms with Crippen LogP contribution < -0.4 is 10.1 Å². The molecular formula is C21H29N5O2. The van der Waals surface area contributed by atoms with Gasteiger partial charge in [-0.25, -0.2) is 9.97 Å². The number of aryl methyl sites for hydroxylation is 1. The van der Waals surface area contributed by atoms with Crippen LogP contribution in [-0.2, 0) is 6.42 Å². The third-order valence-corrected chi connectivity index (χ3v) is 5.05. The van der Waals surface area contributed by atoms with E-state index in [-0.39, 0.29) is 5.91 Å². The molecule has 0 bridgehead atoms. The molecule has 150 valence electrons. The van der Waals surface area contributed by atoms with E-state index in [1.165, 1.54) is 0 Å². The Labute approximate surface area is 166 Å². The second kappa shape index (κ2) is 9.50. The molecule has 1 aromatic heterocycles. The van der Waals surface area contributed by atoms with Crippen molar-refractivity contribution in [3.8, 4) is 5.75 Å². The maximum absolute atomic E-state index is 12.9. The van der Waals surface area contributed by atoms with Gasteiger partial charge in [-0.3, -0.25) is 4.79 Å². The predicted octanol–water partition coefficient (Wildman–Crippen LogP) is 2.23. The summed E-state index contributed by atoms with van der Waals surface area (Å²) in [5.41, 5.74) is 2.36. The van der Waals surface area contributed by atoms with E-state index in [4.69, 9.17) is 4.74 Å². The highest BCUT2D eigenvalue weighted by Gasteiger charge is 2.23. The number of ether oxygens (including phenoxy) is 1. The summed E-state index contributed by atoms with van der Waals surface area (Å²) >= 11 is 0. The number of hydrogen-bond donors (Lipinski definition) is 1. The normalized spacial score (nSPS) is 14.8. The molecule has 3 rings (SSSR count). The molecule has 1 aliphatic heterocycles. The first-order valence-corrected chi connectivity index (χ1v) is 9.83. The zero-order valence-electron chi connectivity index (χ0n) is 16.9. The number of benzene rings is 1. The van der Waals surface area contributed by atoms with Gasteiger partial charge >= 0.3 is 0 Å². The minimum atomic E-state index is -0.0194. The SMILES string of the molecule is CCN1CCN(C(=O)c2cc(C)nc(NCCc3ccccc3OC)n2)CC1. The number of para-hydroxylation sites is 1. The number of methoxy groups -OCH3 is 1. The zero-order chi connectivity index (χ0) is 19.9. The summed E-state index contributed by atoms with van der Waals surface area (Å²) in [5, 5.41) is 3.24. The molecule has 2 heterocycles. The summed E-state index contributed by atoms with van der Waals surface area (Å²) in [6, 6.07) is 9.71. The molecule has 1 aromatic carbocycles. The second-order valence-electron chi connectivity index (χ2n) is 6.93. The molecule has 0 unspecified atom stereocenters. The summed E-state index contributed by atoms with van der Waals surface area (Å²) in [7, 11) is 1.67. The second-order valence-corrected chi connectivity index (χ2v) is 6.93. The number of carbonyl (C=O) groups excluding carboxylic acids is 1. The molecule has 1 aliphatic rings. The van der Waals surface area contributed by atoms with Gasteiger partial charge in [0.05, 0.1) is 7.11 Å². The van der Waals surface area contributed by atoms with Gasteiger partial charge in [-0.1, -0.05) is 25.1 Å². The Morgan fingerprint density at radius 2 is 1.93 bits per heavy atom. The van der Waals surface area contributed by atoms with E-state index < -0.39 is 0 Å². The fraction of sp³-hybridized carbons (Fsp3) is 0.476. The molecule has 1 fully saturated rings. The largest absolute Gasteiger partial charge is 0.496 e. The Balaban J connectivity index is 1.62. The molecule has 28 heavy (non-hydrogen) atoms. The highest BCUT2D eigenvalue weighted by atomic mass is 16.5. The minimum Gasteiger partial charge on any atom is -0.496 e. The van der Waals surface area contributed by atoms with Crippen LogP contribution in [0, 0.1) is 6.92 Å². The molecular weight excluding hydrogens is 354 g/mol. The van der Waals surface area contributed by atoms with Crippen molar-refractivity contribution < 1.29 is 9.53 Å². The highest BCUT2D eigenvalue weighted by molar-refractivity contribution is 5.92. The predicted molar refractivity (Wildman–Crippen MR) is 110 cm³/mol. The van der Waals surface area contributed by atoms with Crippen molar-refractivity contribution in [2.45, 2.75) is 20.3 Å². The summed E-state index contributed by atoms with van der Waals surface area (Å²) < 4.78 is 5.39. The lowest BCUT2D eigenvalue weighted by Crippen LogP contribution is -2.48. The van der Waals surface area contributed by atoms with Gasteiger partial charge in [0.25, 0.3) is 5.91 Å². The van der Waals surface area contributed by atoms with Crippen molar-refractivity contribution in [3.63, 3.8) is 0 Å². The third kappa shape index (κ3) is 4.98. The molecule has 0 radical (unpaired) electrons. The number of piperazine rings is 1. The summed E-state index contributed by atoms with van der Waals surface area (Å²) in [6.07, 6.45) is 0.781. The van der Waals surface area contributed by atoms with Crippen LogP contribution in [0.25, 0.3) is 0 Å². The molecule has 1 saturated heterocycles. The topological polar surface area (TPSA) is 70.6 Å². The van der Waals surface area contributed by atoms with Gasteiger partial charge in [0.1, 0.15) is 11.4 Å². The van der Waals surface area contributed by atoms with E-state index in [1.807, 2.05) is 36.1 Å². The van der Waals surface area contributed by atoms with Gasteiger partial charge in [0.2, 0.25) is 5.95 Å². The quantitative estimate of drug-likeness (QED) is 0.791. The first-order valence-electron chi connectivity index (χ1n) is 9.83. The number of likely N-dealkylation sites (N-methyl/N-ethyl adjacent to an activating group) is 1. The molecule has 0 spiro atoms. The number of amides is 1. The van der Waals surface area contributed by atoms with Crippen LogP contribution in [0.1, 0.15) is 28.7 Å². The van der Waals surface area contributed by atoms with E-state index in [2.05, 4.69) is 27.1 Å². The summed E-state index contributed by atoms with van der Waals surface area (Å²) in [4.78, 5) is 26.0. The average Bonchev–Trinajstić information content (AvgIpc) is 2.73. The van der Waals surface area contributed by atoms with Crippen LogP contribution in [-0.4, -0.2) is 72.1 Å². The smallest absolute Gasteiger partial charge is 0.272 e. The van der Waals surface area contributed by atoms with Gasteiger partial charge in [0, 0.05) is 38.4 Å². The molecule has 0 aliphatic carbocycles. The molecule has 1 N–H and O–H groups in total. The van der Waals surface area contributed by atoms with Crippen LogP contribution in [0.15, 0.2) is 30.3 Å². The van der Waals surface area contributed by atoms with Gasteiger partial charge in [-0.15, -0.1) is 0 Å². The van der Waals surface area contributed by atoms with Gasteiger partial charge in [-0.2, -0.15) is 0 Å². The first-order chi connectivity index (χ1) is 13.6. The minimum absolute atomic E-state index is 0.0194. The van der Waals surface area contributed by atoms with Crippen LogP contribution in [0.4, 0.5) is 5.95 Å². The summed E-state index contributed by atoms with van der Waals surface area (Å²) in [5.74, 6) is 1.34. The van der Waals surface area contributed by atoms with E-state index >= 15 is 0 Å². The summed E-state index contributed by atoms with van der Waals surface area (Å²) in [6.45, 7) is 9.03. The van der Waals surface area contributed by atoms with Crippen molar-refractivity contribution in [3.05, 3.63) is 47.3 Å². The Morgan fingerprint density at radius 1 is 1.18 bits per heavy atom. The number of rotatable bonds is 7. The van der Waals surface area contributed by atoms with Gasteiger partial charge in [0.15, 0.2) is 0 Å². The highest BCUT2D eigenvalue weighted by Crippen LogP contribution is 2.18. The number of anilines is 1. The van der Waals surface area contributed by atoms with Crippen LogP contribution >= 0.6 is 0 Å². The first kappa shape index (κ1) is 20.1. The molecule has 0 atom stereocenters. The number of nitrogens with one attached hydrogen (secondary N) is 1. The number of carbonyl (C=O) groups is 1. The monoisotopic (exact) mass is 383 g/mol. The molecule has 2 aromatic rings. The fourth-order valence-corrected chi connectivity index (χ4v) is 3.40. The molecule has 1 amide bonds. The van der Waals surface area contributed by atoms with Crippen molar-refractivity contribution in [1.82, 2.24) is 19.8 Å². The lowest BCUT2D eigenvalue weighted by atomic mass is 10.1. The van der Waals surface area contributed by atoms with Crippen LogP contribution in [0.5, 0.6) is 5.75 Å².